The first-order chi connectivity index (χ1) is 11.2. The van der Waals surface area contributed by atoms with Crippen LogP contribution < -0.4 is 5.56 Å². The molecule has 0 amide bonds. The third-order valence-electron chi connectivity index (χ3n) is 3.50. The molecule has 3 heterocycles. The predicted octanol–water partition coefficient (Wildman–Crippen LogP) is 3.57. The van der Waals surface area contributed by atoms with Gasteiger partial charge in [-0.25, -0.2) is 4.98 Å². The Balaban J connectivity index is 2.01. The molecule has 0 N–H and O–H groups in total. The smallest absolute Gasteiger partial charge is 0.290 e. The van der Waals surface area contributed by atoms with Crippen LogP contribution in [-0.2, 0) is 13.2 Å². The first-order valence-corrected chi connectivity index (χ1v) is 8.37. The lowest BCUT2D eigenvalue weighted by Gasteiger charge is -2.07. The average molecular weight is 372 g/mol. The SMILES string of the molecule is Cc1sc2nc(Sc3ccc(C(F)(F)F)nn3)n(C)c(=O)c2c1C. The summed E-state index contributed by atoms with van der Waals surface area (Å²) >= 11 is 2.40. The molecule has 0 atom stereocenters. The van der Waals surface area contributed by atoms with Crippen molar-refractivity contribution in [1.82, 2.24) is 19.7 Å². The summed E-state index contributed by atoms with van der Waals surface area (Å²) in [5, 5.41) is 7.88. The van der Waals surface area contributed by atoms with Gasteiger partial charge >= 0.3 is 6.18 Å². The third kappa shape index (κ3) is 2.91. The molecule has 3 aromatic rings. The first kappa shape index (κ1) is 16.9. The highest BCUT2D eigenvalue weighted by Gasteiger charge is 2.33. The van der Waals surface area contributed by atoms with Crippen molar-refractivity contribution in [2.24, 2.45) is 7.05 Å². The molecule has 3 rings (SSSR count). The summed E-state index contributed by atoms with van der Waals surface area (Å²) in [6, 6.07) is 2.06. The minimum absolute atomic E-state index is 0.191. The van der Waals surface area contributed by atoms with Crippen molar-refractivity contribution in [3.8, 4) is 0 Å². The van der Waals surface area contributed by atoms with Crippen LogP contribution in [0.1, 0.15) is 16.1 Å². The van der Waals surface area contributed by atoms with E-state index in [2.05, 4.69) is 15.2 Å². The van der Waals surface area contributed by atoms with E-state index in [4.69, 9.17) is 0 Å². The zero-order valence-corrected chi connectivity index (χ0v) is 14.4. The Bertz CT molecular complexity index is 977. The summed E-state index contributed by atoms with van der Waals surface area (Å²) in [4.78, 5) is 18.5. The second-order valence-corrected chi connectivity index (χ2v) is 7.27. The quantitative estimate of drug-likeness (QED) is 0.644. The van der Waals surface area contributed by atoms with Crippen LogP contribution >= 0.6 is 23.1 Å². The molecule has 0 aromatic carbocycles. The monoisotopic (exact) mass is 372 g/mol. The van der Waals surface area contributed by atoms with Gasteiger partial charge in [-0.2, -0.15) is 13.2 Å². The minimum Gasteiger partial charge on any atom is -0.290 e. The van der Waals surface area contributed by atoms with Gasteiger partial charge in [0, 0.05) is 11.9 Å². The van der Waals surface area contributed by atoms with Crippen LogP contribution in [0.15, 0.2) is 27.1 Å². The maximum Gasteiger partial charge on any atom is 0.435 e. The molecule has 0 spiro atoms. The lowest BCUT2D eigenvalue weighted by atomic mass is 10.2. The van der Waals surface area contributed by atoms with E-state index in [9.17, 15) is 18.0 Å². The lowest BCUT2D eigenvalue weighted by molar-refractivity contribution is -0.141. The third-order valence-corrected chi connectivity index (χ3v) is 5.57. The summed E-state index contributed by atoms with van der Waals surface area (Å²) in [5.41, 5.74) is -0.355. The largest absolute Gasteiger partial charge is 0.435 e. The summed E-state index contributed by atoms with van der Waals surface area (Å²) in [7, 11) is 1.57. The Morgan fingerprint density at radius 1 is 1.21 bits per heavy atom. The number of aryl methyl sites for hydroxylation is 2. The van der Waals surface area contributed by atoms with E-state index in [0.717, 1.165) is 28.3 Å². The molecule has 126 valence electrons. The molecule has 10 heteroatoms. The van der Waals surface area contributed by atoms with Crippen molar-refractivity contribution >= 4 is 33.3 Å². The molecular formula is C14H11F3N4OS2. The normalized spacial score (nSPS) is 12.1. The molecule has 3 aromatic heterocycles. The fourth-order valence-electron chi connectivity index (χ4n) is 2.07. The maximum absolute atomic E-state index is 12.5. The van der Waals surface area contributed by atoms with Crippen molar-refractivity contribution < 1.29 is 13.2 Å². The average Bonchev–Trinajstić information content (AvgIpc) is 2.79. The van der Waals surface area contributed by atoms with Crippen molar-refractivity contribution in [1.29, 1.82) is 0 Å². The van der Waals surface area contributed by atoms with Crippen LogP contribution in [0, 0.1) is 13.8 Å². The number of nitrogens with zero attached hydrogens (tertiary/aromatic N) is 4. The number of thiophene rings is 1. The molecule has 0 radical (unpaired) electrons. The van der Waals surface area contributed by atoms with Crippen molar-refractivity contribution in [3.05, 3.63) is 38.6 Å². The highest BCUT2D eigenvalue weighted by Crippen LogP contribution is 2.31. The zero-order chi connectivity index (χ0) is 17.6. The minimum atomic E-state index is -4.54. The highest BCUT2D eigenvalue weighted by molar-refractivity contribution is 7.99. The molecule has 0 aliphatic heterocycles. The highest BCUT2D eigenvalue weighted by atomic mass is 32.2. The van der Waals surface area contributed by atoms with Crippen LogP contribution in [0.25, 0.3) is 10.2 Å². The van der Waals surface area contributed by atoms with E-state index >= 15 is 0 Å². The Labute approximate surface area is 142 Å². The standard InChI is InChI=1S/C14H11F3N4OS2/c1-6-7(2)23-11-10(6)12(22)21(3)13(18-11)24-9-5-4-8(19-20-9)14(15,16)17/h4-5H,1-3H3. The summed E-state index contributed by atoms with van der Waals surface area (Å²) in [6.07, 6.45) is -4.54. The number of hydrogen-bond donors (Lipinski definition) is 0. The van der Waals surface area contributed by atoms with Gasteiger partial charge in [0.25, 0.3) is 5.56 Å². The van der Waals surface area contributed by atoms with E-state index in [-0.39, 0.29) is 10.6 Å². The van der Waals surface area contributed by atoms with Crippen molar-refractivity contribution in [3.63, 3.8) is 0 Å². The van der Waals surface area contributed by atoms with E-state index in [1.807, 2.05) is 13.8 Å². The van der Waals surface area contributed by atoms with Crippen molar-refractivity contribution in [2.45, 2.75) is 30.2 Å². The second kappa shape index (κ2) is 5.85. The van der Waals surface area contributed by atoms with E-state index in [1.54, 1.807) is 7.05 Å². The van der Waals surface area contributed by atoms with Crippen molar-refractivity contribution in [2.75, 3.05) is 0 Å². The first-order valence-electron chi connectivity index (χ1n) is 6.74. The topological polar surface area (TPSA) is 60.7 Å². The van der Waals surface area contributed by atoms with Gasteiger partial charge in [-0.15, -0.1) is 21.5 Å². The number of alkyl halides is 3. The van der Waals surface area contributed by atoms with Crippen LogP contribution in [0.3, 0.4) is 0 Å². The van der Waals surface area contributed by atoms with Crippen LogP contribution in [-0.4, -0.2) is 19.7 Å². The van der Waals surface area contributed by atoms with Crippen LogP contribution in [0.4, 0.5) is 13.2 Å². The predicted molar refractivity (Wildman–Crippen MR) is 85.5 cm³/mol. The lowest BCUT2D eigenvalue weighted by Crippen LogP contribution is -2.19. The fraction of sp³-hybridized carbons (Fsp3) is 0.286. The summed E-state index contributed by atoms with van der Waals surface area (Å²) in [6.45, 7) is 3.78. The Kier molecular flexibility index (Phi) is 4.12. The Morgan fingerprint density at radius 3 is 2.50 bits per heavy atom. The van der Waals surface area contributed by atoms with E-state index < -0.39 is 11.9 Å². The van der Waals surface area contributed by atoms with E-state index in [1.165, 1.54) is 22.0 Å². The van der Waals surface area contributed by atoms with Gasteiger partial charge < -0.3 is 0 Å². The zero-order valence-electron chi connectivity index (χ0n) is 12.8. The van der Waals surface area contributed by atoms with Gasteiger partial charge in [0.05, 0.1) is 5.39 Å². The molecule has 0 saturated carbocycles. The Morgan fingerprint density at radius 2 is 1.92 bits per heavy atom. The van der Waals surface area contributed by atoms with Gasteiger partial charge in [-0.05, 0) is 43.3 Å². The van der Waals surface area contributed by atoms with Gasteiger partial charge in [0.1, 0.15) is 9.86 Å². The maximum atomic E-state index is 12.5. The molecule has 0 unspecified atom stereocenters. The van der Waals surface area contributed by atoms with Gasteiger partial charge in [-0.1, -0.05) is 0 Å². The van der Waals surface area contributed by atoms with Gasteiger partial charge in [-0.3, -0.25) is 9.36 Å². The number of fused-ring (bicyclic) bond motifs is 1. The number of hydrogen-bond acceptors (Lipinski definition) is 6. The molecule has 0 aliphatic carbocycles. The molecule has 0 aliphatic rings. The number of aromatic nitrogens is 4. The summed E-state index contributed by atoms with van der Waals surface area (Å²) in [5.74, 6) is 0. The molecule has 24 heavy (non-hydrogen) atoms. The molecule has 0 saturated heterocycles. The summed E-state index contributed by atoms with van der Waals surface area (Å²) < 4.78 is 38.9. The van der Waals surface area contributed by atoms with Crippen LogP contribution in [0.5, 0.6) is 0 Å². The van der Waals surface area contributed by atoms with Gasteiger partial charge in [0.15, 0.2) is 10.9 Å². The number of rotatable bonds is 2. The number of halogens is 3. The van der Waals surface area contributed by atoms with Gasteiger partial charge in [0.2, 0.25) is 0 Å². The molecule has 0 bridgehead atoms. The Hall–Kier alpha value is -1.94. The molecular weight excluding hydrogens is 361 g/mol. The van der Waals surface area contributed by atoms with Crippen LogP contribution in [0.2, 0.25) is 0 Å². The molecule has 0 fully saturated rings. The second-order valence-electron chi connectivity index (χ2n) is 5.08. The van der Waals surface area contributed by atoms with E-state index in [0.29, 0.717) is 15.4 Å². The fourth-order valence-corrected chi connectivity index (χ4v) is 3.91. The molecule has 5 nitrogen and oxygen atoms in total.